The molecule has 1 aromatic heterocycles. The molecular weight excluding hydrogens is 304 g/mol. The highest BCUT2D eigenvalue weighted by Gasteiger charge is 2.15. The first-order chi connectivity index (χ1) is 11.4. The molecule has 0 aliphatic carbocycles. The number of benzene rings is 1. The molecule has 0 atom stereocenters. The molecule has 6 nitrogen and oxygen atoms in total. The highest BCUT2D eigenvalue weighted by molar-refractivity contribution is 5.76. The first-order valence-electron chi connectivity index (χ1n) is 8.47. The molecular formula is C18H28N4O2. The smallest absolute Gasteiger partial charge is 0.314 e. The Kier molecular flexibility index (Phi) is 6.20. The Bertz CT molecular complexity index is 679. The fraction of sp³-hybridized carbons (Fsp3) is 0.556. The van der Waals surface area contributed by atoms with E-state index in [1.165, 1.54) is 0 Å². The van der Waals surface area contributed by atoms with Crippen molar-refractivity contribution >= 4 is 17.1 Å². The molecule has 0 aliphatic heterocycles. The molecule has 2 rings (SSSR count). The maximum atomic E-state index is 11.8. The number of nitrogens with zero attached hydrogens (tertiary/aromatic N) is 2. The number of aliphatic hydroxyl groups excluding tert-OH is 1. The quantitative estimate of drug-likeness (QED) is 0.650. The van der Waals surface area contributed by atoms with Crippen molar-refractivity contribution in [3.05, 3.63) is 30.1 Å². The van der Waals surface area contributed by atoms with Crippen LogP contribution in [-0.4, -0.2) is 40.4 Å². The number of aryl methyl sites for hydroxylation is 1. The number of nitrogens with one attached hydrogen (secondary N) is 2. The second-order valence-electron chi connectivity index (χ2n) is 6.91. The van der Waals surface area contributed by atoms with Crippen molar-refractivity contribution in [1.29, 1.82) is 0 Å². The lowest BCUT2D eigenvalue weighted by atomic mass is 9.89. The van der Waals surface area contributed by atoms with Gasteiger partial charge in [-0.15, -0.1) is 0 Å². The Morgan fingerprint density at radius 2 is 1.96 bits per heavy atom. The fourth-order valence-corrected chi connectivity index (χ4v) is 2.67. The van der Waals surface area contributed by atoms with Crippen LogP contribution in [0, 0.1) is 12.3 Å². The predicted molar refractivity (Wildman–Crippen MR) is 96.0 cm³/mol. The number of amides is 2. The average molecular weight is 332 g/mol. The Balaban J connectivity index is 1.72. The summed E-state index contributed by atoms with van der Waals surface area (Å²) in [4.78, 5) is 16.3. The van der Waals surface area contributed by atoms with Gasteiger partial charge >= 0.3 is 6.03 Å². The molecule has 0 saturated heterocycles. The van der Waals surface area contributed by atoms with Crippen LogP contribution in [0.2, 0.25) is 0 Å². The Morgan fingerprint density at radius 3 is 2.71 bits per heavy atom. The molecule has 6 heteroatoms. The van der Waals surface area contributed by atoms with E-state index in [4.69, 9.17) is 0 Å². The Morgan fingerprint density at radius 1 is 1.25 bits per heavy atom. The minimum atomic E-state index is -0.154. The Hall–Kier alpha value is -2.08. The van der Waals surface area contributed by atoms with Crippen LogP contribution in [0.1, 0.15) is 32.5 Å². The SMILES string of the molecule is Cc1nc2ccccc2n1CCNC(=O)NCCCC(C)(C)CO. The van der Waals surface area contributed by atoms with E-state index >= 15 is 0 Å². The molecule has 0 radical (unpaired) electrons. The van der Waals surface area contributed by atoms with E-state index in [0.717, 1.165) is 29.7 Å². The van der Waals surface area contributed by atoms with Crippen LogP contribution in [0.3, 0.4) is 0 Å². The van der Waals surface area contributed by atoms with E-state index < -0.39 is 0 Å². The van der Waals surface area contributed by atoms with Crippen LogP contribution in [-0.2, 0) is 6.54 Å². The number of carbonyl (C=O) groups excluding carboxylic acids is 1. The molecule has 1 aromatic carbocycles. The number of imidazole rings is 1. The lowest BCUT2D eigenvalue weighted by Crippen LogP contribution is -2.38. The van der Waals surface area contributed by atoms with Gasteiger partial charge in [-0.3, -0.25) is 0 Å². The number of rotatable bonds is 8. The van der Waals surface area contributed by atoms with Gasteiger partial charge < -0.3 is 20.3 Å². The number of hydrogen-bond donors (Lipinski definition) is 3. The number of para-hydroxylation sites is 2. The highest BCUT2D eigenvalue weighted by Crippen LogP contribution is 2.20. The zero-order chi connectivity index (χ0) is 17.6. The minimum absolute atomic E-state index is 0.0852. The van der Waals surface area contributed by atoms with E-state index in [9.17, 15) is 9.90 Å². The van der Waals surface area contributed by atoms with E-state index in [1.54, 1.807) is 0 Å². The van der Waals surface area contributed by atoms with E-state index in [1.807, 2.05) is 45.0 Å². The molecule has 1 heterocycles. The summed E-state index contributed by atoms with van der Waals surface area (Å²) in [6, 6.07) is 7.85. The van der Waals surface area contributed by atoms with Crippen molar-refractivity contribution in [3.8, 4) is 0 Å². The second kappa shape index (κ2) is 8.15. The molecule has 0 aliphatic rings. The molecule has 0 saturated carbocycles. The predicted octanol–water partition coefficient (Wildman–Crippen LogP) is 2.44. The molecule has 132 valence electrons. The summed E-state index contributed by atoms with van der Waals surface area (Å²) in [6.45, 7) is 8.03. The third-order valence-corrected chi connectivity index (χ3v) is 4.21. The molecule has 0 fully saturated rings. The summed E-state index contributed by atoms with van der Waals surface area (Å²) < 4.78 is 2.11. The lowest BCUT2D eigenvalue weighted by molar-refractivity contribution is 0.148. The summed E-state index contributed by atoms with van der Waals surface area (Å²) in [5.74, 6) is 0.949. The van der Waals surface area contributed by atoms with Gasteiger partial charge in [0.05, 0.1) is 11.0 Å². The summed E-state index contributed by atoms with van der Waals surface area (Å²) >= 11 is 0. The summed E-state index contributed by atoms with van der Waals surface area (Å²) in [7, 11) is 0. The molecule has 0 bridgehead atoms. The van der Waals surface area contributed by atoms with Crippen molar-refractivity contribution in [1.82, 2.24) is 20.2 Å². The van der Waals surface area contributed by atoms with Crippen molar-refractivity contribution in [2.45, 2.75) is 40.2 Å². The van der Waals surface area contributed by atoms with Gasteiger partial charge in [0.2, 0.25) is 0 Å². The first kappa shape index (κ1) is 18.3. The van der Waals surface area contributed by atoms with Crippen LogP contribution < -0.4 is 10.6 Å². The van der Waals surface area contributed by atoms with E-state index in [0.29, 0.717) is 19.6 Å². The highest BCUT2D eigenvalue weighted by atomic mass is 16.3. The van der Waals surface area contributed by atoms with Crippen LogP contribution in [0.25, 0.3) is 11.0 Å². The summed E-state index contributed by atoms with van der Waals surface area (Å²) in [5, 5.41) is 14.9. The third kappa shape index (κ3) is 4.96. The lowest BCUT2D eigenvalue weighted by Gasteiger charge is -2.21. The van der Waals surface area contributed by atoms with Gasteiger partial charge in [0.1, 0.15) is 5.82 Å². The molecule has 3 N–H and O–H groups in total. The molecule has 24 heavy (non-hydrogen) atoms. The maximum Gasteiger partial charge on any atom is 0.314 e. The van der Waals surface area contributed by atoms with Gasteiger partial charge in [-0.25, -0.2) is 9.78 Å². The van der Waals surface area contributed by atoms with E-state index in [2.05, 4.69) is 20.2 Å². The van der Waals surface area contributed by atoms with Crippen LogP contribution in [0.5, 0.6) is 0 Å². The number of urea groups is 1. The van der Waals surface area contributed by atoms with Gasteiger partial charge in [-0.2, -0.15) is 0 Å². The molecule has 0 spiro atoms. The van der Waals surface area contributed by atoms with Crippen molar-refractivity contribution < 1.29 is 9.90 Å². The summed E-state index contributed by atoms with van der Waals surface area (Å²) in [5.41, 5.74) is 1.98. The third-order valence-electron chi connectivity index (χ3n) is 4.21. The van der Waals surface area contributed by atoms with E-state index in [-0.39, 0.29) is 18.1 Å². The van der Waals surface area contributed by atoms with Crippen LogP contribution in [0.15, 0.2) is 24.3 Å². The summed E-state index contributed by atoms with van der Waals surface area (Å²) in [6.07, 6.45) is 1.73. The first-order valence-corrected chi connectivity index (χ1v) is 8.47. The fourth-order valence-electron chi connectivity index (χ4n) is 2.67. The monoisotopic (exact) mass is 332 g/mol. The number of aromatic nitrogens is 2. The molecule has 2 amide bonds. The van der Waals surface area contributed by atoms with Gasteiger partial charge in [-0.1, -0.05) is 26.0 Å². The van der Waals surface area contributed by atoms with Crippen LogP contribution >= 0.6 is 0 Å². The number of fused-ring (bicyclic) bond motifs is 1. The molecule has 0 unspecified atom stereocenters. The molecule has 2 aromatic rings. The minimum Gasteiger partial charge on any atom is -0.396 e. The van der Waals surface area contributed by atoms with Crippen molar-refractivity contribution in [3.63, 3.8) is 0 Å². The second-order valence-corrected chi connectivity index (χ2v) is 6.91. The largest absolute Gasteiger partial charge is 0.396 e. The van der Waals surface area contributed by atoms with Gasteiger partial charge in [0.15, 0.2) is 0 Å². The zero-order valence-corrected chi connectivity index (χ0v) is 14.8. The number of hydrogen-bond acceptors (Lipinski definition) is 3. The zero-order valence-electron chi connectivity index (χ0n) is 14.8. The van der Waals surface area contributed by atoms with Gasteiger partial charge in [-0.05, 0) is 37.3 Å². The Labute approximate surface area is 143 Å². The average Bonchev–Trinajstić information content (AvgIpc) is 2.87. The number of carbonyl (C=O) groups is 1. The van der Waals surface area contributed by atoms with Crippen molar-refractivity contribution in [2.24, 2.45) is 5.41 Å². The van der Waals surface area contributed by atoms with Crippen molar-refractivity contribution in [2.75, 3.05) is 19.7 Å². The van der Waals surface area contributed by atoms with Gasteiger partial charge in [0.25, 0.3) is 0 Å². The normalized spacial score (nSPS) is 11.7. The number of aliphatic hydroxyl groups is 1. The maximum absolute atomic E-state index is 11.8. The van der Waals surface area contributed by atoms with Crippen LogP contribution in [0.4, 0.5) is 4.79 Å². The topological polar surface area (TPSA) is 79.2 Å². The standard InChI is InChI=1S/C18H28N4O2/c1-14-21-15-7-4-5-8-16(15)22(14)12-11-20-17(24)19-10-6-9-18(2,3)13-23/h4-5,7-8,23H,6,9-13H2,1-3H3,(H2,19,20,24). The van der Waals surface area contributed by atoms with Gasteiger partial charge in [0, 0.05) is 26.2 Å².